The third-order valence-corrected chi connectivity index (χ3v) is 3.74. The predicted octanol–water partition coefficient (Wildman–Crippen LogP) is 4.56. The van der Waals surface area contributed by atoms with Gasteiger partial charge in [0, 0.05) is 6.04 Å². The quantitative estimate of drug-likeness (QED) is 0.896. The van der Waals surface area contributed by atoms with E-state index >= 15 is 0 Å². The van der Waals surface area contributed by atoms with E-state index in [1.807, 2.05) is 25.1 Å². The minimum absolute atomic E-state index is 0.0266. The smallest absolute Gasteiger partial charge is 0.138 e. The van der Waals surface area contributed by atoms with Crippen molar-refractivity contribution in [3.05, 3.63) is 63.7 Å². The molecular formula is C17H20ClNO. The largest absolute Gasteiger partial charge is 0.487 e. The molecule has 0 heterocycles. The SMILES string of the molecule is Cc1ccc(COc2ccc([C@H](C)N)cc2Cl)cc1C. The third-order valence-electron chi connectivity index (χ3n) is 3.45. The topological polar surface area (TPSA) is 35.2 Å². The summed E-state index contributed by atoms with van der Waals surface area (Å²) in [4.78, 5) is 0. The van der Waals surface area contributed by atoms with Gasteiger partial charge in [-0.15, -0.1) is 0 Å². The molecular weight excluding hydrogens is 270 g/mol. The van der Waals surface area contributed by atoms with Gasteiger partial charge < -0.3 is 10.5 Å². The zero-order valence-corrected chi connectivity index (χ0v) is 12.9. The molecule has 0 saturated heterocycles. The summed E-state index contributed by atoms with van der Waals surface area (Å²) in [6, 6.07) is 12.0. The van der Waals surface area contributed by atoms with Gasteiger partial charge in [-0.25, -0.2) is 0 Å². The molecule has 0 fully saturated rings. The molecule has 2 aromatic carbocycles. The number of halogens is 1. The summed E-state index contributed by atoms with van der Waals surface area (Å²) in [7, 11) is 0. The number of hydrogen-bond acceptors (Lipinski definition) is 2. The Bertz CT molecular complexity index is 608. The molecule has 0 aliphatic heterocycles. The Morgan fingerprint density at radius 3 is 2.45 bits per heavy atom. The van der Waals surface area contributed by atoms with Crippen molar-refractivity contribution in [3.8, 4) is 5.75 Å². The van der Waals surface area contributed by atoms with Crippen LogP contribution in [-0.2, 0) is 6.61 Å². The lowest BCUT2D eigenvalue weighted by Crippen LogP contribution is -2.05. The highest BCUT2D eigenvalue weighted by Crippen LogP contribution is 2.28. The summed E-state index contributed by atoms with van der Waals surface area (Å²) < 4.78 is 5.78. The fraction of sp³-hybridized carbons (Fsp3) is 0.294. The van der Waals surface area contributed by atoms with Crippen molar-refractivity contribution in [1.82, 2.24) is 0 Å². The molecule has 2 N–H and O–H groups in total. The summed E-state index contributed by atoms with van der Waals surface area (Å²) in [6.07, 6.45) is 0. The van der Waals surface area contributed by atoms with E-state index in [0.29, 0.717) is 17.4 Å². The van der Waals surface area contributed by atoms with Crippen LogP contribution in [0.15, 0.2) is 36.4 Å². The molecule has 0 aromatic heterocycles. The van der Waals surface area contributed by atoms with Crippen LogP contribution < -0.4 is 10.5 Å². The van der Waals surface area contributed by atoms with Crippen LogP contribution in [0.2, 0.25) is 5.02 Å². The molecule has 0 bridgehead atoms. The van der Waals surface area contributed by atoms with Crippen LogP contribution in [0, 0.1) is 13.8 Å². The molecule has 2 rings (SSSR count). The Morgan fingerprint density at radius 2 is 1.85 bits per heavy atom. The van der Waals surface area contributed by atoms with E-state index in [1.54, 1.807) is 0 Å². The van der Waals surface area contributed by atoms with Gasteiger partial charge in [0.1, 0.15) is 12.4 Å². The highest BCUT2D eigenvalue weighted by atomic mass is 35.5. The second kappa shape index (κ2) is 6.29. The maximum Gasteiger partial charge on any atom is 0.138 e. The lowest BCUT2D eigenvalue weighted by atomic mass is 10.1. The third kappa shape index (κ3) is 3.53. The average Bonchev–Trinajstić information content (AvgIpc) is 2.41. The number of nitrogens with two attached hydrogens (primary N) is 1. The monoisotopic (exact) mass is 289 g/mol. The predicted molar refractivity (Wildman–Crippen MR) is 84.3 cm³/mol. The van der Waals surface area contributed by atoms with Gasteiger partial charge in [-0.2, -0.15) is 0 Å². The Labute approximate surface area is 125 Å². The summed E-state index contributed by atoms with van der Waals surface area (Å²) >= 11 is 6.22. The van der Waals surface area contributed by atoms with E-state index in [-0.39, 0.29) is 6.04 Å². The van der Waals surface area contributed by atoms with Crippen LogP contribution in [0.25, 0.3) is 0 Å². The van der Waals surface area contributed by atoms with Crippen molar-refractivity contribution < 1.29 is 4.74 Å². The zero-order valence-electron chi connectivity index (χ0n) is 12.1. The second-order valence-electron chi connectivity index (χ2n) is 5.19. The molecule has 1 atom stereocenters. The van der Waals surface area contributed by atoms with E-state index < -0.39 is 0 Å². The molecule has 0 aliphatic rings. The molecule has 0 unspecified atom stereocenters. The zero-order chi connectivity index (χ0) is 14.7. The fourth-order valence-electron chi connectivity index (χ4n) is 1.97. The van der Waals surface area contributed by atoms with Crippen LogP contribution in [0.1, 0.15) is 35.2 Å². The first kappa shape index (κ1) is 14.9. The van der Waals surface area contributed by atoms with Crippen LogP contribution in [0.3, 0.4) is 0 Å². The first-order valence-corrected chi connectivity index (χ1v) is 7.09. The number of benzene rings is 2. The minimum Gasteiger partial charge on any atom is -0.487 e. The van der Waals surface area contributed by atoms with Gasteiger partial charge in [0.2, 0.25) is 0 Å². The van der Waals surface area contributed by atoms with Crippen LogP contribution in [0.4, 0.5) is 0 Å². The van der Waals surface area contributed by atoms with Gasteiger partial charge in [-0.3, -0.25) is 0 Å². The molecule has 0 aliphatic carbocycles. The van der Waals surface area contributed by atoms with Crippen LogP contribution in [0.5, 0.6) is 5.75 Å². The van der Waals surface area contributed by atoms with Crippen LogP contribution in [-0.4, -0.2) is 0 Å². The van der Waals surface area contributed by atoms with Crippen molar-refractivity contribution in [2.45, 2.75) is 33.4 Å². The van der Waals surface area contributed by atoms with Gasteiger partial charge in [0.25, 0.3) is 0 Å². The summed E-state index contributed by atoms with van der Waals surface area (Å²) in [5.74, 6) is 0.689. The van der Waals surface area contributed by atoms with Crippen molar-refractivity contribution in [1.29, 1.82) is 0 Å². The fourth-order valence-corrected chi connectivity index (χ4v) is 2.22. The molecule has 0 spiro atoms. The van der Waals surface area contributed by atoms with E-state index in [1.165, 1.54) is 11.1 Å². The molecule has 2 nitrogen and oxygen atoms in total. The molecule has 106 valence electrons. The number of rotatable bonds is 4. The van der Waals surface area contributed by atoms with E-state index in [0.717, 1.165) is 11.1 Å². The summed E-state index contributed by atoms with van der Waals surface area (Å²) in [6.45, 7) is 6.65. The number of hydrogen-bond donors (Lipinski definition) is 1. The van der Waals surface area contributed by atoms with Crippen LogP contribution >= 0.6 is 11.6 Å². The first-order valence-electron chi connectivity index (χ1n) is 6.71. The normalized spacial score (nSPS) is 12.2. The molecule has 0 amide bonds. The number of aryl methyl sites for hydroxylation is 2. The Balaban J connectivity index is 2.09. The standard InChI is InChI=1S/C17H20ClNO/c1-11-4-5-14(8-12(11)2)10-20-17-7-6-15(13(3)19)9-16(17)18/h4-9,13H,10,19H2,1-3H3/t13-/m0/s1. The average molecular weight is 290 g/mol. The van der Waals surface area contributed by atoms with Gasteiger partial charge in [-0.1, -0.05) is 35.9 Å². The molecule has 0 saturated carbocycles. The van der Waals surface area contributed by atoms with Gasteiger partial charge >= 0.3 is 0 Å². The summed E-state index contributed by atoms with van der Waals surface area (Å²) in [5, 5.41) is 0.601. The Morgan fingerprint density at radius 1 is 1.10 bits per heavy atom. The lowest BCUT2D eigenvalue weighted by Gasteiger charge is -2.12. The highest BCUT2D eigenvalue weighted by Gasteiger charge is 2.06. The first-order chi connectivity index (χ1) is 9.47. The maximum atomic E-state index is 6.22. The Kier molecular flexibility index (Phi) is 4.69. The molecule has 2 aromatic rings. The van der Waals surface area contributed by atoms with Crippen molar-refractivity contribution in [2.24, 2.45) is 5.73 Å². The minimum atomic E-state index is -0.0266. The summed E-state index contributed by atoms with van der Waals surface area (Å²) in [5.41, 5.74) is 10.5. The number of ether oxygens (including phenoxy) is 1. The van der Waals surface area contributed by atoms with Gasteiger partial charge in [0.15, 0.2) is 0 Å². The maximum absolute atomic E-state index is 6.22. The van der Waals surface area contributed by atoms with Crippen molar-refractivity contribution >= 4 is 11.6 Å². The lowest BCUT2D eigenvalue weighted by molar-refractivity contribution is 0.306. The van der Waals surface area contributed by atoms with Crippen molar-refractivity contribution in [2.75, 3.05) is 0 Å². The van der Waals surface area contributed by atoms with E-state index in [2.05, 4.69) is 32.0 Å². The van der Waals surface area contributed by atoms with E-state index in [4.69, 9.17) is 22.1 Å². The molecule has 0 radical (unpaired) electrons. The van der Waals surface area contributed by atoms with Crippen molar-refractivity contribution in [3.63, 3.8) is 0 Å². The molecule has 3 heteroatoms. The van der Waals surface area contributed by atoms with E-state index in [9.17, 15) is 0 Å². The highest BCUT2D eigenvalue weighted by molar-refractivity contribution is 6.32. The van der Waals surface area contributed by atoms with Gasteiger partial charge in [0.05, 0.1) is 5.02 Å². The van der Waals surface area contributed by atoms with Gasteiger partial charge in [-0.05, 0) is 55.2 Å². The molecule has 20 heavy (non-hydrogen) atoms. The Hall–Kier alpha value is -1.51. The second-order valence-corrected chi connectivity index (χ2v) is 5.59.